The Bertz CT molecular complexity index is 792. The molecule has 0 bridgehead atoms. The summed E-state index contributed by atoms with van der Waals surface area (Å²) in [7, 11) is 0. The third-order valence-corrected chi connectivity index (χ3v) is 4.49. The van der Waals surface area contributed by atoms with E-state index in [4.69, 9.17) is 0 Å². The van der Waals surface area contributed by atoms with Crippen LogP contribution in [0.1, 0.15) is 32.6 Å². The third kappa shape index (κ3) is 2.72. The van der Waals surface area contributed by atoms with Crippen LogP contribution in [0, 0.1) is 5.82 Å². The molecule has 0 atom stereocenters. The molecule has 0 aliphatic heterocycles. The van der Waals surface area contributed by atoms with Crippen LogP contribution in [0.5, 0.6) is 0 Å². The summed E-state index contributed by atoms with van der Waals surface area (Å²) in [6, 6.07) is 5.05. The number of hydrogen-bond acceptors (Lipinski definition) is 4. The lowest BCUT2D eigenvalue weighted by Gasteiger charge is -2.09. The van der Waals surface area contributed by atoms with Crippen LogP contribution in [0.15, 0.2) is 29.7 Å². The van der Waals surface area contributed by atoms with E-state index < -0.39 is 0 Å². The monoisotopic (exact) mass is 319 g/mol. The second-order valence-electron chi connectivity index (χ2n) is 5.31. The summed E-state index contributed by atoms with van der Waals surface area (Å²) in [5.74, 6) is 1.34. The predicted octanol–water partition coefficient (Wildman–Crippen LogP) is 3.66. The summed E-state index contributed by atoms with van der Waals surface area (Å²) in [6.45, 7) is 7.05. The van der Waals surface area contributed by atoms with Crippen molar-refractivity contribution in [2.45, 2.75) is 44.3 Å². The van der Waals surface area contributed by atoms with Gasteiger partial charge in [0.15, 0.2) is 5.16 Å². The van der Waals surface area contributed by atoms with Crippen molar-refractivity contribution in [1.82, 2.24) is 24.3 Å². The summed E-state index contributed by atoms with van der Waals surface area (Å²) in [5.41, 5.74) is 1.66. The van der Waals surface area contributed by atoms with Crippen molar-refractivity contribution in [3.63, 3.8) is 0 Å². The third-order valence-electron chi connectivity index (χ3n) is 3.53. The van der Waals surface area contributed by atoms with E-state index in [1.807, 2.05) is 4.57 Å². The fourth-order valence-electron chi connectivity index (χ4n) is 2.43. The molecule has 2 aromatic heterocycles. The normalized spacial score (nSPS) is 11.7. The number of benzene rings is 1. The molecule has 0 aliphatic carbocycles. The average Bonchev–Trinajstić information content (AvgIpc) is 3.07. The van der Waals surface area contributed by atoms with Gasteiger partial charge in [-0.3, -0.25) is 0 Å². The van der Waals surface area contributed by atoms with Gasteiger partial charge in [0.1, 0.15) is 18.0 Å². The molecule has 3 aromatic rings. The van der Waals surface area contributed by atoms with Gasteiger partial charge >= 0.3 is 0 Å². The number of hydrogen-bond donors (Lipinski definition) is 0. The van der Waals surface area contributed by atoms with Gasteiger partial charge < -0.3 is 9.13 Å². The molecular weight excluding hydrogens is 301 g/mol. The second-order valence-corrected chi connectivity index (χ2v) is 6.25. The van der Waals surface area contributed by atoms with Crippen LogP contribution in [-0.4, -0.2) is 24.3 Å². The van der Waals surface area contributed by atoms with E-state index >= 15 is 0 Å². The van der Waals surface area contributed by atoms with Gasteiger partial charge in [-0.25, -0.2) is 9.37 Å². The van der Waals surface area contributed by atoms with E-state index in [0.717, 1.165) is 23.0 Å². The predicted molar refractivity (Wildman–Crippen MR) is 85.3 cm³/mol. The Morgan fingerprint density at radius 2 is 2.14 bits per heavy atom. The molecular formula is C15H18FN5S. The van der Waals surface area contributed by atoms with Crippen molar-refractivity contribution < 1.29 is 4.39 Å². The maximum Gasteiger partial charge on any atom is 0.191 e. The van der Waals surface area contributed by atoms with Gasteiger partial charge in [0.25, 0.3) is 0 Å². The first-order valence-electron chi connectivity index (χ1n) is 7.27. The molecule has 22 heavy (non-hydrogen) atoms. The van der Waals surface area contributed by atoms with Gasteiger partial charge in [-0.1, -0.05) is 11.8 Å². The molecule has 0 saturated carbocycles. The van der Waals surface area contributed by atoms with Crippen LogP contribution in [0.4, 0.5) is 4.39 Å². The molecule has 0 aliphatic rings. The van der Waals surface area contributed by atoms with Crippen LogP contribution < -0.4 is 0 Å². The Morgan fingerprint density at radius 1 is 1.32 bits per heavy atom. The topological polar surface area (TPSA) is 48.5 Å². The van der Waals surface area contributed by atoms with Gasteiger partial charge in [0.05, 0.1) is 16.8 Å². The SMILES string of the molecule is CCn1c(CSc2nncn2C(C)C)nc2cc(F)ccc21. The summed E-state index contributed by atoms with van der Waals surface area (Å²) in [6.07, 6.45) is 1.74. The maximum atomic E-state index is 13.4. The van der Waals surface area contributed by atoms with Crippen molar-refractivity contribution in [2.24, 2.45) is 0 Å². The number of nitrogens with zero attached hydrogens (tertiary/aromatic N) is 5. The fraction of sp³-hybridized carbons (Fsp3) is 0.400. The molecule has 0 N–H and O–H groups in total. The van der Waals surface area contributed by atoms with E-state index in [9.17, 15) is 4.39 Å². The zero-order valence-corrected chi connectivity index (χ0v) is 13.6. The Balaban J connectivity index is 1.89. The van der Waals surface area contributed by atoms with Crippen molar-refractivity contribution in [3.05, 3.63) is 36.2 Å². The first-order valence-corrected chi connectivity index (χ1v) is 8.25. The standard InChI is InChI=1S/C15H18FN5S/c1-4-20-13-6-5-11(16)7-12(13)18-14(20)8-22-15-19-17-9-21(15)10(2)3/h5-7,9-10H,4,8H2,1-3H3. The van der Waals surface area contributed by atoms with Crippen LogP contribution >= 0.6 is 11.8 Å². The molecule has 3 rings (SSSR count). The highest BCUT2D eigenvalue weighted by atomic mass is 32.2. The number of aryl methyl sites for hydroxylation is 1. The number of aromatic nitrogens is 5. The highest BCUT2D eigenvalue weighted by molar-refractivity contribution is 7.98. The van der Waals surface area contributed by atoms with Gasteiger partial charge in [-0.2, -0.15) is 0 Å². The number of rotatable bonds is 5. The Kier molecular flexibility index (Phi) is 4.15. The largest absolute Gasteiger partial charge is 0.328 e. The van der Waals surface area contributed by atoms with Crippen molar-refractivity contribution in [1.29, 1.82) is 0 Å². The van der Waals surface area contributed by atoms with E-state index in [1.54, 1.807) is 24.2 Å². The van der Waals surface area contributed by atoms with Gasteiger partial charge in [0, 0.05) is 18.7 Å². The van der Waals surface area contributed by atoms with Crippen LogP contribution in [0.25, 0.3) is 11.0 Å². The van der Waals surface area contributed by atoms with E-state index in [0.29, 0.717) is 17.3 Å². The minimum atomic E-state index is -0.257. The van der Waals surface area contributed by atoms with Gasteiger partial charge in [0.2, 0.25) is 0 Å². The number of halogens is 1. The Hall–Kier alpha value is -1.89. The number of fused-ring (bicyclic) bond motifs is 1. The maximum absolute atomic E-state index is 13.4. The molecule has 116 valence electrons. The molecule has 5 nitrogen and oxygen atoms in total. The highest BCUT2D eigenvalue weighted by Gasteiger charge is 2.13. The fourth-order valence-corrected chi connectivity index (χ4v) is 3.42. The Labute approximate surface area is 132 Å². The number of imidazole rings is 1. The van der Waals surface area contributed by atoms with E-state index in [2.05, 4.69) is 40.5 Å². The molecule has 0 radical (unpaired) electrons. The summed E-state index contributed by atoms with van der Waals surface area (Å²) in [4.78, 5) is 4.56. The zero-order chi connectivity index (χ0) is 15.7. The molecule has 0 amide bonds. The minimum absolute atomic E-state index is 0.257. The quantitative estimate of drug-likeness (QED) is 0.673. The lowest BCUT2D eigenvalue weighted by Crippen LogP contribution is -2.03. The van der Waals surface area contributed by atoms with E-state index in [-0.39, 0.29) is 5.82 Å². The zero-order valence-electron chi connectivity index (χ0n) is 12.8. The first kappa shape index (κ1) is 15.0. The summed E-state index contributed by atoms with van der Waals surface area (Å²) in [5, 5.41) is 8.99. The van der Waals surface area contributed by atoms with Crippen LogP contribution in [0.3, 0.4) is 0 Å². The lowest BCUT2D eigenvalue weighted by atomic mass is 10.3. The van der Waals surface area contributed by atoms with Gasteiger partial charge in [-0.15, -0.1) is 10.2 Å². The Morgan fingerprint density at radius 3 is 2.86 bits per heavy atom. The molecule has 0 saturated heterocycles. The van der Waals surface area contributed by atoms with Crippen molar-refractivity contribution >= 4 is 22.8 Å². The second kappa shape index (κ2) is 6.08. The molecule has 1 aromatic carbocycles. The molecule has 7 heteroatoms. The van der Waals surface area contributed by atoms with Crippen LogP contribution in [0.2, 0.25) is 0 Å². The summed E-state index contributed by atoms with van der Waals surface area (Å²) < 4.78 is 17.5. The minimum Gasteiger partial charge on any atom is -0.328 e. The van der Waals surface area contributed by atoms with Gasteiger partial charge in [-0.05, 0) is 32.9 Å². The smallest absolute Gasteiger partial charge is 0.191 e. The van der Waals surface area contributed by atoms with E-state index in [1.165, 1.54) is 12.1 Å². The summed E-state index contributed by atoms with van der Waals surface area (Å²) >= 11 is 1.60. The number of thioether (sulfide) groups is 1. The van der Waals surface area contributed by atoms with Crippen molar-refractivity contribution in [3.8, 4) is 0 Å². The highest BCUT2D eigenvalue weighted by Crippen LogP contribution is 2.25. The lowest BCUT2D eigenvalue weighted by molar-refractivity contribution is 0.549. The average molecular weight is 319 g/mol. The molecule has 0 unspecified atom stereocenters. The molecule has 0 spiro atoms. The first-order chi connectivity index (χ1) is 10.6. The molecule has 0 fully saturated rings. The van der Waals surface area contributed by atoms with Crippen molar-refractivity contribution in [2.75, 3.05) is 0 Å². The van der Waals surface area contributed by atoms with Crippen LogP contribution in [-0.2, 0) is 12.3 Å². The molecule has 2 heterocycles.